The largest absolute Gasteiger partial charge is 0.368 e. The van der Waals surface area contributed by atoms with Crippen LogP contribution in [0, 0.1) is 0 Å². The van der Waals surface area contributed by atoms with Crippen LogP contribution in [0.5, 0.6) is 0 Å². The average Bonchev–Trinajstić information content (AvgIpc) is 2.74. The molecule has 0 radical (unpaired) electrons. The highest BCUT2D eigenvalue weighted by Gasteiger charge is 2.39. The number of carbonyl (C=O) groups is 1. The Morgan fingerprint density at radius 3 is 3.12 bits per heavy atom. The fourth-order valence-corrected chi connectivity index (χ4v) is 2.83. The fourth-order valence-electron chi connectivity index (χ4n) is 2.22. The molecule has 1 fully saturated rings. The Morgan fingerprint density at radius 1 is 1.69 bits per heavy atom. The third kappa shape index (κ3) is 2.10. The predicted octanol–water partition coefficient (Wildman–Crippen LogP) is 1.37. The van der Waals surface area contributed by atoms with Gasteiger partial charge in [0, 0.05) is 17.6 Å². The van der Waals surface area contributed by atoms with E-state index in [1.807, 2.05) is 18.6 Å². The van der Waals surface area contributed by atoms with E-state index in [2.05, 4.69) is 9.88 Å². The standard InChI is InChI=1S/C11H17N3OS/c1-11(10(12)15)4-2-3-5-14(11)7-9-6-13-8-16-9/h6,8H,2-5,7H2,1H3,(H2,12,15). The minimum atomic E-state index is -0.484. The molecule has 1 atom stereocenters. The number of rotatable bonds is 3. The molecule has 1 aliphatic rings. The first-order valence-corrected chi connectivity index (χ1v) is 6.43. The molecule has 1 aliphatic heterocycles. The van der Waals surface area contributed by atoms with Crippen molar-refractivity contribution >= 4 is 17.2 Å². The molecule has 1 aromatic rings. The van der Waals surface area contributed by atoms with E-state index in [1.165, 1.54) is 4.88 Å². The molecule has 16 heavy (non-hydrogen) atoms. The van der Waals surface area contributed by atoms with Crippen molar-refractivity contribution in [1.29, 1.82) is 0 Å². The number of amides is 1. The maximum absolute atomic E-state index is 11.6. The highest BCUT2D eigenvalue weighted by molar-refractivity contribution is 7.09. The zero-order valence-corrected chi connectivity index (χ0v) is 10.3. The van der Waals surface area contributed by atoms with Crippen LogP contribution < -0.4 is 5.73 Å². The number of piperidine rings is 1. The molecule has 2 heterocycles. The van der Waals surface area contributed by atoms with Gasteiger partial charge in [-0.1, -0.05) is 0 Å². The van der Waals surface area contributed by atoms with E-state index in [9.17, 15) is 4.79 Å². The summed E-state index contributed by atoms with van der Waals surface area (Å²) in [5.74, 6) is -0.211. The van der Waals surface area contributed by atoms with Crippen molar-refractivity contribution in [3.05, 3.63) is 16.6 Å². The Labute approximate surface area is 99.5 Å². The Hall–Kier alpha value is -0.940. The Bertz CT molecular complexity index is 365. The molecule has 0 saturated carbocycles. The van der Waals surface area contributed by atoms with Crippen molar-refractivity contribution in [2.75, 3.05) is 6.54 Å². The van der Waals surface area contributed by atoms with E-state index in [0.29, 0.717) is 0 Å². The second-order valence-corrected chi connectivity index (χ2v) is 5.46. The number of carbonyl (C=O) groups excluding carboxylic acids is 1. The molecule has 4 nitrogen and oxygen atoms in total. The van der Waals surface area contributed by atoms with E-state index in [0.717, 1.165) is 32.4 Å². The summed E-state index contributed by atoms with van der Waals surface area (Å²) in [6.45, 7) is 3.68. The minimum Gasteiger partial charge on any atom is -0.368 e. The van der Waals surface area contributed by atoms with Crippen LogP contribution in [0.2, 0.25) is 0 Å². The lowest BCUT2D eigenvalue weighted by Crippen LogP contribution is -2.57. The Morgan fingerprint density at radius 2 is 2.50 bits per heavy atom. The molecule has 88 valence electrons. The Balaban J connectivity index is 2.14. The molecule has 0 bridgehead atoms. The number of primary amides is 1. The first-order valence-electron chi connectivity index (χ1n) is 5.55. The van der Waals surface area contributed by atoms with Gasteiger partial charge in [0.1, 0.15) is 0 Å². The molecule has 1 amide bonds. The first-order chi connectivity index (χ1) is 7.63. The first kappa shape index (κ1) is 11.5. The highest BCUT2D eigenvalue weighted by Crippen LogP contribution is 2.29. The van der Waals surface area contributed by atoms with Crippen LogP contribution in [0.15, 0.2) is 11.7 Å². The van der Waals surface area contributed by atoms with E-state index in [1.54, 1.807) is 11.3 Å². The normalized spacial score (nSPS) is 26.8. The van der Waals surface area contributed by atoms with Crippen LogP contribution in [0.3, 0.4) is 0 Å². The molecule has 2 rings (SSSR count). The van der Waals surface area contributed by atoms with Crippen LogP contribution in [-0.4, -0.2) is 27.9 Å². The van der Waals surface area contributed by atoms with Gasteiger partial charge in [0.25, 0.3) is 0 Å². The van der Waals surface area contributed by atoms with E-state index < -0.39 is 5.54 Å². The maximum atomic E-state index is 11.6. The lowest BCUT2D eigenvalue weighted by atomic mass is 9.87. The molecule has 0 aromatic carbocycles. The van der Waals surface area contributed by atoms with Crippen molar-refractivity contribution in [3.8, 4) is 0 Å². The maximum Gasteiger partial charge on any atom is 0.237 e. The van der Waals surface area contributed by atoms with Gasteiger partial charge >= 0.3 is 0 Å². The second kappa shape index (κ2) is 4.51. The summed E-state index contributed by atoms with van der Waals surface area (Å²) in [5.41, 5.74) is 6.86. The summed E-state index contributed by atoms with van der Waals surface area (Å²) in [6, 6.07) is 0. The number of nitrogens with two attached hydrogens (primary N) is 1. The number of likely N-dealkylation sites (tertiary alicyclic amines) is 1. The van der Waals surface area contributed by atoms with Gasteiger partial charge in [-0.2, -0.15) is 0 Å². The molecular weight excluding hydrogens is 222 g/mol. The monoisotopic (exact) mass is 239 g/mol. The van der Waals surface area contributed by atoms with Gasteiger partial charge in [-0.15, -0.1) is 11.3 Å². The topological polar surface area (TPSA) is 59.2 Å². The molecule has 1 saturated heterocycles. The highest BCUT2D eigenvalue weighted by atomic mass is 32.1. The smallest absolute Gasteiger partial charge is 0.237 e. The van der Waals surface area contributed by atoms with E-state index >= 15 is 0 Å². The van der Waals surface area contributed by atoms with Gasteiger partial charge in [0.05, 0.1) is 11.0 Å². The van der Waals surface area contributed by atoms with Crippen LogP contribution >= 0.6 is 11.3 Å². The van der Waals surface area contributed by atoms with E-state index in [4.69, 9.17) is 5.73 Å². The van der Waals surface area contributed by atoms with Gasteiger partial charge < -0.3 is 5.73 Å². The van der Waals surface area contributed by atoms with Crippen LogP contribution in [0.4, 0.5) is 0 Å². The number of thiazole rings is 1. The summed E-state index contributed by atoms with van der Waals surface area (Å²) in [4.78, 5) is 19.0. The second-order valence-electron chi connectivity index (χ2n) is 4.48. The summed E-state index contributed by atoms with van der Waals surface area (Å²) < 4.78 is 0. The van der Waals surface area contributed by atoms with Gasteiger partial charge in [0.2, 0.25) is 5.91 Å². The molecule has 1 unspecified atom stereocenters. The van der Waals surface area contributed by atoms with Gasteiger partial charge in [-0.3, -0.25) is 14.7 Å². The summed E-state index contributed by atoms with van der Waals surface area (Å²) >= 11 is 1.62. The predicted molar refractivity (Wildman–Crippen MR) is 64.0 cm³/mol. The SMILES string of the molecule is CC1(C(N)=O)CCCCN1Cc1cncs1. The molecule has 0 spiro atoms. The van der Waals surface area contributed by atoms with Crippen LogP contribution in [0.1, 0.15) is 31.1 Å². The molecule has 0 aliphatic carbocycles. The minimum absolute atomic E-state index is 0.211. The summed E-state index contributed by atoms with van der Waals surface area (Å²) in [6.07, 6.45) is 4.95. The van der Waals surface area contributed by atoms with Crippen molar-refractivity contribution < 1.29 is 4.79 Å². The summed E-state index contributed by atoms with van der Waals surface area (Å²) in [5, 5.41) is 0. The quantitative estimate of drug-likeness (QED) is 0.866. The molecular formula is C11H17N3OS. The van der Waals surface area contributed by atoms with Crippen molar-refractivity contribution in [3.63, 3.8) is 0 Å². The molecule has 5 heteroatoms. The zero-order valence-electron chi connectivity index (χ0n) is 9.48. The van der Waals surface area contributed by atoms with Crippen molar-refractivity contribution in [2.45, 2.75) is 38.3 Å². The van der Waals surface area contributed by atoms with Crippen molar-refractivity contribution in [1.82, 2.24) is 9.88 Å². The number of hydrogen-bond acceptors (Lipinski definition) is 4. The van der Waals surface area contributed by atoms with Gasteiger partial charge in [-0.05, 0) is 32.7 Å². The zero-order chi connectivity index (χ0) is 11.6. The summed E-state index contributed by atoms with van der Waals surface area (Å²) in [7, 11) is 0. The lowest BCUT2D eigenvalue weighted by Gasteiger charge is -2.42. The molecule has 1 aromatic heterocycles. The number of aromatic nitrogens is 1. The van der Waals surface area contributed by atoms with Crippen LogP contribution in [0.25, 0.3) is 0 Å². The van der Waals surface area contributed by atoms with Crippen LogP contribution in [-0.2, 0) is 11.3 Å². The average molecular weight is 239 g/mol. The lowest BCUT2D eigenvalue weighted by molar-refractivity contribution is -0.131. The van der Waals surface area contributed by atoms with Gasteiger partial charge in [-0.25, -0.2) is 0 Å². The number of nitrogens with zero attached hydrogens (tertiary/aromatic N) is 2. The third-order valence-corrected chi connectivity index (χ3v) is 4.16. The Kier molecular flexibility index (Phi) is 3.25. The number of hydrogen-bond donors (Lipinski definition) is 1. The fraction of sp³-hybridized carbons (Fsp3) is 0.636. The molecule has 2 N–H and O–H groups in total. The van der Waals surface area contributed by atoms with Crippen molar-refractivity contribution in [2.24, 2.45) is 5.73 Å². The van der Waals surface area contributed by atoms with E-state index in [-0.39, 0.29) is 5.91 Å². The van der Waals surface area contributed by atoms with Gasteiger partial charge in [0.15, 0.2) is 0 Å². The third-order valence-electron chi connectivity index (χ3n) is 3.40.